The third-order valence-electron chi connectivity index (χ3n) is 6.86. The number of Topliss-reactive ketones (excluding diaryl/α,β-unsaturated/α-hetero) is 1. The number of alkyl halides is 3. The Morgan fingerprint density at radius 3 is 2.48 bits per heavy atom. The van der Waals surface area contributed by atoms with Crippen LogP contribution in [0.2, 0.25) is 0 Å². The third kappa shape index (κ3) is 5.91. The fourth-order valence-electron chi connectivity index (χ4n) is 4.76. The van der Waals surface area contributed by atoms with Crippen LogP contribution in [0.3, 0.4) is 0 Å². The van der Waals surface area contributed by atoms with Crippen LogP contribution in [0.5, 0.6) is 5.75 Å². The number of furan rings is 1. The Labute approximate surface area is 228 Å². The highest BCUT2D eigenvalue weighted by atomic mass is 32.2. The van der Waals surface area contributed by atoms with Crippen LogP contribution in [-0.4, -0.2) is 42.3 Å². The number of ether oxygens (including phenoxy) is 1. The van der Waals surface area contributed by atoms with Gasteiger partial charge < -0.3 is 14.3 Å². The molecule has 0 spiro atoms. The minimum absolute atomic E-state index is 0.00970. The van der Waals surface area contributed by atoms with E-state index in [-0.39, 0.29) is 37.5 Å². The van der Waals surface area contributed by atoms with Crippen molar-refractivity contribution in [2.75, 3.05) is 6.54 Å². The van der Waals surface area contributed by atoms with Gasteiger partial charge in [-0.2, -0.15) is 17.5 Å². The SMILES string of the molecule is O=C(CCc1cccc(OCc2ccc(C(F)(F)F)cc2)c1)[C@@H]1C(O)CCN1S(=O)(=O)c1cc2ccccc2o1. The van der Waals surface area contributed by atoms with Gasteiger partial charge in [0.15, 0.2) is 5.78 Å². The van der Waals surface area contributed by atoms with Gasteiger partial charge in [-0.25, -0.2) is 8.42 Å². The van der Waals surface area contributed by atoms with Crippen molar-refractivity contribution >= 4 is 26.8 Å². The van der Waals surface area contributed by atoms with Gasteiger partial charge in [-0.1, -0.05) is 42.5 Å². The molecule has 7 nitrogen and oxygen atoms in total. The first-order valence-electron chi connectivity index (χ1n) is 12.6. The quantitative estimate of drug-likeness (QED) is 0.290. The summed E-state index contributed by atoms with van der Waals surface area (Å²) >= 11 is 0. The number of sulfonamides is 1. The molecule has 2 atom stereocenters. The molecule has 4 aromatic rings. The standard InChI is InChI=1S/C29H26F3NO6S/c30-29(31,32)22-11-8-20(9-12-22)18-38-23-6-3-4-19(16-23)10-13-24(34)28-25(35)14-15-33(28)40(36,37)27-17-21-5-1-2-7-26(21)39-27/h1-9,11-12,16-17,25,28,35H,10,13-15,18H2/t25?,28-/m1/s1. The smallest absolute Gasteiger partial charge is 0.416 e. The molecule has 1 N–H and O–H groups in total. The summed E-state index contributed by atoms with van der Waals surface area (Å²) in [6.07, 6.45) is -5.16. The number of ketones is 1. The lowest BCUT2D eigenvalue weighted by Gasteiger charge is -2.23. The van der Waals surface area contributed by atoms with Gasteiger partial charge in [0.05, 0.1) is 11.7 Å². The number of rotatable bonds is 9. The molecule has 2 heterocycles. The summed E-state index contributed by atoms with van der Waals surface area (Å²) in [6, 6.07) is 18.7. The number of aliphatic hydroxyl groups excluding tert-OH is 1. The van der Waals surface area contributed by atoms with Crippen molar-refractivity contribution in [2.45, 2.75) is 49.3 Å². The Bertz CT molecular complexity index is 1580. The lowest BCUT2D eigenvalue weighted by atomic mass is 10.0. The number of nitrogens with zero attached hydrogens (tertiary/aromatic N) is 1. The molecule has 0 amide bonds. The predicted octanol–water partition coefficient (Wildman–Crippen LogP) is 5.36. The van der Waals surface area contributed by atoms with E-state index in [1.54, 1.807) is 48.5 Å². The van der Waals surface area contributed by atoms with Gasteiger partial charge >= 0.3 is 6.18 Å². The molecule has 210 valence electrons. The second-order valence-corrected chi connectivity index (χ2v) is 11.4. The Morgan fingerprint density at radius 1 is 1.00 bits per heavy atom. The molecular weight excluding hydrogens is 547 g/mol. The molecule has 40 heavy (non-hydrogen) atoms. The zero-order chi connectivity index (χ0) is 28.5. The maximum atomic E-state index is 13.3. The lowest BCUT2D eigenvalue weighted by Crippen LogP contribution is -2.45. The molecule has 1 aliphatic heterocycles. The maximum Gasteiger partial charge on any atom is 0.416 e. The van der Waals surface area contributed by atoms with E-state index in [9.17, 15) is 31.5 Å². The van der Waals surface area contributed by atoms with Crippen molar-refractivity contribution in [3.8, 4) is 5.75 Å². The average molecular weight is 574 g/mol. The highest BCUT2D eigenvalue weighted by Gasteiger charge is 2.45. The Balaban J connectivity index is 1.22. The zero-order valence-corrected chi connectivity index (χ0v) is 22.0. The second kappa shape index (κ2) is 11.1. The van der Waals surface area contributed by atoms with Crippen LogP contribution in [0.25, 0.3) is 11.0 Å². The predicted molar refractivity (Wildman–Crippen MR) is 140 cm³/mol. The number of aliphatic hydroxyl groups is 1. The fourth-order valence-corrected chi connectivity index (χ4v) is 6.36. The summed E-state index contributed by atoms with van der Waals surface area (Å²) in [6.45, 7) is 0.0492. The minimum atomic E-state index is -4.41. The van der Waals surface area contributed by atoms with E-state index in [0.717, 1.165) is 22.0 Å². The van der Waals surface area contributed by atoms with E-state index in [2.05, 4.69) is 0 Å². The van der Waals surface area contributed by atoms with Gasteiger partial charge in [0.1, 0.15) is 24.0 Å². The van der Waals surface area contributed by atoms with Crippen molar-refractivity contribution in [3.05, 3.63) is 95.6 Å². The number of para-hydroxylation sites is 1. The largest absolute Gasteiger partial charge is 0.489 e. The van der Waals surface area contributed by atoms with Crippen molar-refractivity contribution < 1.29 is 40.6 Å². The third-order valence-corrected chi connectivity index (χ3v) is 8.60. The first kappa shape index (κ1) is 27.9. The number of hydrogen-bond donors (Lipinski definition) is 1. The van der Waals surface area contributed by atoms with E-state index in [4.69, 9.17) is 9.15 Å². The number of carbonyl (C=O) groups is 1. The zero-order valence-electron chi connectivity index (χ0n) is 21.2. The van der Waals surface area contributed by atoms with Crippen LogP contribution in [0.4, 0.5) is 13.2 Å². The molecule has 0 aliphatic carbocycles. The number of aryl methyl sites for hydroxylation is 1. The van der Waals surface area contributed by atoms with Gasteiger partial charge in [0, 0.05) is 24.4 Å². The van der Waals surface area contributed by atoms with E-state index in [1.165, 1.54) is 18.2 Å². The molecule has 1 saturated heterocycles. The molecule has 1 aliphatic rings. The van der Waals surface area contributed by atoms with Crippen molar-refractivity contribution in [1.82, 2.24) is 4.31 Å². The number of hydrogen-bond acceptors (Lipinski definition) is 6. The highest BCUT2D eigenvalue weighted by molar-refractivity contribution is 7.89. The van der Waals surface area contributed by atoms with Gasteiger partial charge in [-0.05, 0) is 54.3 Å². The number of benzene rings is 3. The summed E-state index contributed by atoms with van der Waals surface area (Å²) in [4.78, 5) is 13.2. The number of carbonyl (C=O) groups excluding carboxylic acids is 1. The lowest BCUT2D eigenvalue weighted by molar-refractivity contribution is -0.137. The molecule has 3 aromatic carbocycles. The highest BCUT2D eigenvalue weighted by Crippen LogP contribution is 2.32. The van der Waals surface area contributed by atoms with Crippen molar-refractivity contribution in [2.24, 2.45) is 0 Å². The molecule has 11 heteroatoms. The first-order valence-corrected chi connectivity index (χ1v) is 14.1. The fraction of sp³-hybridized carbons (Fsp3) is 0.276. The molecule has 0 bridgehead atoms. The molecule has 5 rings (SSSR count). The van der Waals surface area contributed by atoms with E-state index in [1.807, 2.05) is 0 Å². The number of fused-ring (bicyclic) bond motifs is 1. The average Bonchev–Trinajstić information content (AvgIpc) is 3.55. The van der Waals surface area contributed by atoms with Gasteiger partial charge in [-0.3, -0.25) is 4.79 Å². The Hall–Kier alpha value is -3.67. The van der Waals surface area contributed by atoms with Gasteiger partial charge in [0.2, 0.25) is 5.09 Å². The summed E-state index contributed by atoms with van der Waals surface area (Å²) in [7, 11) is -4.16. The van der Waals surface area contributed by atoms with Crippen molar-refractivity contribution in [1.29, 1.82) is 0 Å². The van der Waals surface area contributed by atoms with Crippen LogP contribution in [0.15, 0.2) is 88.4 Å². The topological polar surface area (TPSA) is 97.0 Å². The Morgan fingerprint density at radius 2 is 1.75 bits per heavy atom. The monoisotopic (exact) mass is 573 g/mol. The summed E-state index contributed by atoms with van der Waals surface area (Å²) < 4.78 is 77.2. The molecule has 1 unspecified atom stereocenters. The summed E-state index contributed by atoms with van der Waals surface area (Å²) in [5.41, 5.74) is 0.982. The maximum absolute atomic E-state index is 13.3. The van der Waals surface area contributed by atoms with Crippen molar-refractivity contribution in [3.63, 3.8) is 0 Å². The molecule has 0 radical (unpaired) electrons. The molecular formula is C29H26F3NO6S. The Kier molecular flexibility index (Phi) is 7.72. The van der Waals surface area contributed by atoms with Crippen LogP contribution in [0.1, 0.15) is 29.5 Å². The van der Waals surface area contributed by atoms with E-state index in [0.29, 0.717) is 22.3 Å². The molecule has 0 saturated carbocycles. The van der Waals surface area contributed by atoms with Gasteiger partial charge in [-0.15, -0.1) is 0 Å². The first-order chi connectivity index (χ1) is 19.0. The summed E-state index contributed by atoms with van der Waals surface area (Å²) in [5, 5.41) is 10.9. The normalized spacial score (nSPS) is 18.3. The van der Waals surface area contributed by atoms with Crippen LogP contribution in [0, 0.1) is 0 Å². The van der Waals surface area contributed by atoms with E-state index >= 15 is 0 Å². The van der Waals surface area contributed by atoms with Crippen LogP contribution < -0.4 is 4.74 Å². The van der Waals surface area contributed by atoms with Crippen LogP contribution in [-0.2, 0) is 34.0 Å². The minimum Gasteiger partial charge on any atom is -0.489 e. The van der Waals surface area contributed by atoms with Gasteiger partial charge in [0.25, 0.3) is 10.0 Å². The van der Waals surface area contributed by atoms with Crippen LogP contribution >= 0.6 is 0 Å². The molecule has 1 fully saturated rings. The molecule has 1 aromatic heterocycles. The van der Waals surface area contributed by atoms with E-state index < -0.39 is 39.7 Å². The number of halogens is 3. The second-order valence-electron chi connectivity index (χ2n) is 9.62. The summed E-state index contributed by atoms with van der Waals surface area (Å²) in [5.74, 6) is 0.0561.